The van der Waals surface area contributed by atoms with Crippen LogP contribution in [0.25, 0.3) is 5.76 Å². The van der Waals surface area contributed by atoms with Gasteiger partial charge < -0.3 is 9.84 Å². The molecular formula is C15H14Cl2N2O5. The van der Waals surface area contributed by atoms with Gasteiger partial charge in [-0.2, -0.15) is 0 Å². The molecule has 1 fully saturated rings. The normalized spacial score (nSPS) is 15.3. The summed E-state index contributed by atoms with van der Waals surface area (Å²) in [6.45, 7) is 1.71. The Hall–Kier alpha value is -2.12. The fourth-order valence-electron chi connectivity index (χ4n) is 1.83. The van der Waals surface area contributed by atoms with Crippen molar-refractivity contribution in [2.24, 2.45) is 4.99 Å². The molecule has 2 rings (SSSR count). The van der Waals surface area contributed by atoms with Crippen LogP contribution in [0.5, 0.6) is 0 Å². The molecule has 9 heteroatoms. The second kappa shape index (κ2) is 7.63. The van der Waals surface area contributed by atoms with Gasteiger partial charge in [0.05, 0.1) is 22.6 Å². The Kier molecular flexibility index (Phi) is 5.80. The number of nitrogens with zero attached hydrogens (tertiary/aromatic N) is 2. The minimum Gasteiger partial charge on any atom is -0.506 e. The third-order valence-corrected chi connectivity index (χ3v) is 3.82. The summed E-state index contributed by atoms with van der Waals surface area (Å²) in [7, 11) is 0. The highest BCUT2D eigenvalue weighted by Crippen LogP contribution is 2.34. The average molecular weight is 373 g/mol. The third-order valence-electron chi connectivity index (χ3n) is 3.20. The van der Waals surface area contributed by atoms with E-state index in [0.717, 1.165) is 25.0 Å². The molecule has 0 amide bonds. The third kappa shape index (κ3) is 4.24. The van der Waals surface area contributed by atoms with Gasteiger partial charge in [0.15, 0.2) is 0 Å². The maximum absolute atomic E-state index is 12.1. The van der Waals surface area contributed by atoms with Gasteiger partial charge in [0.1, 0.15) is 16.4 Å². The van der Waals surface area contributed by atoms with E-state index in [0.29, 0.717) is 0 Å². The summed E-state index contributed by atoms with van der Waals surface area (Å²) in [6.07, 6.45) is 3.02. The smallest absolute Gasteiger partial charge is 0.343 e. The number of ether oxygens (including phenoxy) is 1. The number of aliphatic hydroxyl groups is 1. The summed E-state index contributed by atoms with van der Waals surface area (Å²) >= 11 is 11.8. The Balaban J connectivity index is 2.54. The van der Waals surface area contributed by atoms with Crippen LogP contribution in [0.1, 0.15) is 25.3 Å². The molecule has 1 aromatic carbocycles. The first kappa shape index (κ1) is 18.2. The number of benzene rings is 1. The zero-order valence-corrected chi connectivity index (χ0v) is 14.2. The Labute approximate surface area is 147 Å². The number of hydrogen-bond donors (Lipinski definition) is 1. The Bertz CT molecular complexity index is 742. The number of aliphatic imine (C=N–C) groups is 1. The van der Waals surface area contributed by atoms with Gasteiger partial charge in [0.2, 0.25) is 0 Å². The van der Waals surface area contributed by atoms with Gasteiger partial charge in [-0.25, -0.2) is 4.79 Å². The van der Waals surface area contributed by atoms with Crippen molar-refractivity contribution in [3.05, 3.63) is 43.4 Å². The van der Waals surface area contributed by atoms with E-state index in [1.54, 1.807) is 6.92 Å². The molecule has 0 bridgehead atoms. The number of carbonyl (C=O) groups excluding carboxylic acids is 1. The lowest BCUT2D eigenvalue weighted by atomic mass is 10.1. The van der Waals surface area contributed by atoms with Gasteiger partial charge in [-0.3, -0.25) is 15.1 Å². The van der Waals surface area contributed by atoms with Crippen LogP contribution < -0.4 is 0 Å². The summed E-state index contributed by atoms with van der Waals surface area (Å²) in [5.74, 6) is -1.35. The molecule has 0 aliphatic heterocycles. The number of halogens is 2. The molecule has 128 valence electrons. The number of aliphatic hydroxyl groups excluding tert-OH is 1. The topological polar surface area (TPSA) is 102 Å². The van der Waals surface area contributed by atoms with E-state index in [1.165, 1.54) is 6.21 Å². The SMILES string of the molecule is CCOC(=O)C(C=NC1CC1)=C(O)c1cc([N+](=O)[O-])c(Cl)cc1Cl. The summed E-state index contributed by atoms with van der Waals surface area (Å²) < 4.78 is 4.89. The lowest BCUT2D eigenvalue weighted by Gasteiger charge is -2.09. The van der Waals surface area contributed by atoms with E-state index in [9.17, 15) is 20.0 Å². The fraction of sp³-hybridized carbons (Fsp3) is 0.333. The highest BCUT2D eigenvalue weighted by atomic mass is 35.5. The number of carbonyl (C=O) groups is 1. The molecule has 0 atom stereocenters. The minimum absolute atomic E-state index is 0.0373. The molecule has 1 aliphatic carbocycles. The molecule has 0 radical (unpaired) electrons. The Morgan fingerprint density at radius 3 is 2.67 bits per heavy atom. The second-order valence-electron chi connectivity index (χ2n) is 5.03. The number of nitro groups is 1. The quantitative estimate of drug-likeness (QED) is 0.203. The monoisotopic (exact) mass is 372 g/mol. The van der Waals surface area contributed by atoms with Crippen LogP contribution >= 0.6 is 23.2 Å². The van der Waals surface area contributed by atoms with Gasteiger partial charge in [0.25, 0.3) is 5.69 Å². The van der Waals surface area contributed by atoms with Crippen molar-refractivity contribution in [1.29, 1.82) is 0 Å². The molecule has 0 saturated heterocycles. The first-order valence-electron chi connectivity index (χ1n) is 7.12. The molecule has 0 heterocycles. The van der Waals surface area contributed by atoms with Crippen LogP contribution in [0, 0.1) is 10.1 Å². The predicted molar refractivity (Wildman–Crippen MR) is 90.8 cm³/mol. The molecule has 0 aromatic heterocycles. The van der Waals surface area contributed by atoms with Crippen LogP contribution in [0.15, 0.2) is 22.7 Å². The van der Waals surface area contributed by atoms with Crippen molar-refractivity contribution in [1.82, 2.24) is 0 Å². The lowest BCUT2D eigenvalue weighted by Crippen LogP contribution is -2.12. The molecule has 0 unspecified atom stereocenters. The molecule has 7 nitrogen and oxygen atoms in total. The van der Waals surface area contributed by atoms with Gasteiger partial charge >= 0.3 is 5.97 Å². The van der Waals surface area contributed by atoms with E-state index >= 15 is 0 Å². The summed E-state index contributed by atoms with van der Waals surface area (Å²) in [4.78, 5) is 26.5. The number of esters is 1. The van der Waals surface area contributed by atoms with Gasteiger partial charge in [-0.05, 0) is 25.8 Å². The first-order valence-corrected chi connectivity index (χ1v) is 7.88. The second-order valence-corrected chi connectivity index (χ2v) is 5.85. The molecule has 1 N–H and O–H groups in total. The fourth-order valence-corrected chi connectivity index (χ4v) is 2.37. The highest BCUT2D eigenvalue weighted by molar-refractivity contribution is 6.37. The molecule has 1 aromatic rings. The summed E-state index contributed by atoms with van der Waals surface area (Å²) in [6, 6.07) is 2.25. The predicted octanol–water partition coefficient (Wildman–Crippen LogP) is 3.97. The van der Waals surface area contributed by atoms with Gasteiger partial charge in [-0.1, -0.05) is 23.2 Å². The number of nitro benzene ring substituents is 1. The minimum atomic E-state index is -0.798. The van der Waals surface area contributed by atoms with E-state index in [-0.39, 0.29) is 33.8 Å². The van der Waals surface area contributed by atoms with E-state index < -0.39 is 22.3 Å². The van der Waals surface area contributed by atoms with Crippen molar-refractivity contribution < 1.29 is 19.6 Å². The Morgan fingerprint density at radius 2 is 2.12 bits per heavy atom. The van der Waals surface area contributed by atoms with Gasteiger partial charge in [0, 0.05) is 17.8 Å². The molecule has 24 heavy (non-hydrogen) atoms. The zero-order chi connectivity index (χ0) is 17.9. The van der Waals surface area contributed by atoms with E-state index in [2.05, 4.69) is 4.99 Å². The van der Waals surface area contributed by atoms with Crippen LogP contribution in [0.4, 0.5) is 5.69 Å². The first-order chi connectivity index (χ1) is 11.3. The highest BCUT2D eigenvalue weighted by Gasteiger charge is 2.24. The number of rotatable bonds is 6. The lowest BCUT2D eigenvalue weighted by molar-refractivity contribution is -0.384. The van der Waals surface area contributed by atoms with Crippen LogP contribution in [-0.2, 0) is 9.53 Å². The standard InChI is InChI=1S/C15H14Cl2N2O5/c1-2-24-15(21)10(7-18-8-3-4-8)14(20)9-5-13(19(22)23)12(17)6-11(9)16/h5-8,20H,2-4H2,1H3. The van der Waals surface area contributed by atoms with Crippen LogP contribution in [-0.4, -0.2) is 34.9 Å². The van der Waals surface area contributed by atoms with E-state index in [1.807, 2.05) is 0 Å². The molecule has 1 saturated carbocycles. The van der Waals surface area contributed by atoms with Crippen molar-refractivity contribution >= 4 is 46.8 Å². The maximum Gasteiger partial charge on any atom is 0.343 e. The average Bonchev–Trinajstić information content (AvgIpc) is 3.31. The van der Waals surface area contributed by atoms with E-state index in [4.69, 9.17) is 27.9 Å². The van der Waals surface area contributed by atoms with Crippen molar-refractivity contribution in [2.45, 2.75) is 25.8 Å². The summed E-state index contributed by atoms with van der Waals surface area (Å²) in [5, 5.41) is 21.2. The zero-order valence-electron chi connectivity index (χ0n) is 12.7. The Morgan fingerprint density at radius 1 is 1.46 bits per heavy atom. The van der Waals surface area contributed by atoms with Crippen molar-refractivity contribution in [2.75, 3.05) is 6.61 Å². The maximum atomic E-state index is 12.1. The molecular weight excluding hydrogens is 359 g/mol. The number of hydrogen-bond acceptors (Lipinski definition) is 6. The molecule has 0 spiro atoms. The van der Waals surface area contributed by atoms with Crippen LogP contribution in [0.2, 0.25) is 10.0 Å². The molecule has 1 aliphatic rings. The largest absolute Gasteiger partial charge is 0.506 e. The van der Waals surface area contributed by atoms with Gasteiger partial charge in [-0.15, -0.1) is 0 Å². The van der Waals surface area contributed by atoms with Crippen molar-refractivity contribution in [3.63, 3.8) is 0 Å². The summed E-state index contributed by atoms with van der Waals surface area (Å²) in [5.41, 5.74) is -0.759. The van der Waals surface area contributed by atoms with Crippen LogP contribution in [0.3, 0.4) is 0 Å². The van der Waals surface area contributed by atoms with Crippen molar-refractivity contribution in [3.8, 4) is 0 Å².